The van der Waals surface area contributed by atoms with Gasteiger partial charge in [0, 0.05) is 25.3 Å². The lowest BCUT2D eigenvalue weighted by Gasteiger charge is -2.53. The normalized spacial score (nSPS) is 25.8. The molecule has 0 bridgehead atoms. The Hall–Kier alpha value is -2.16. The van der Waals surface area contributed by atoms with Gasteiger partial charge in [-0.05, 0) is 53.5 Å². The second-order valence-corrected chi connectivity index (χ2v) is 10.9. The van der Waals surface area contributed by atoms with Crippen LogP contribution in [-0.2, 0) is 16.0 Å². The molecule has 0 spiro atoms. The van der Waals surface area contributed by atoms with E-state index in [1.807, 2.05) is 51.1 Å². The molecule has 1 unspecified atom stereocenters. The second-order valence-electron chi connectivity index (χ2n) is 10.9. The summed E-state index contributed by atoms with van der Waals surface area (Å²) in [4.78, 5) is 25.9. The van der Waals surface area contributed by atoms with Gasteiger partial charge in [-0.2, -0.15) is 5.43 Å². The summed E-state index contributed by atoms with van der Waals surface area (Å²) < 4.78 is 5.42. The lowest BCUT2D eigenvalue weighted by atomic mass is 9.82. The van der Waals surface area contributed by atoms with Crippen molar-refractivity contribution in [2.45, 2.75) is 96.1 Å². The van der Waals surface area contributed by atoms with Crippen LogP contribution in [0.2, 0.25) is 0 Å². The Bertz CT molecular complexity index is 802. The molecule has 32 heavy (non-hydrogen) atoms. The molecule has 0 aromatic heterocycles. The van der Waals surface area contributed by atoms with Gasteiger partial charge in [0.15, 0.2) is 0 Å². The summed E-state index contributed by atoms with van der Waals surface area (Å²) in [5, 5.41) is 11.1. The summed E-state index contributed by atoms with van der Waals surface area (Å²) in [7, 11) is 0. The summed E-state index contributed by atoms with van der Waals surface area (Å²) in [6.07, 6.45) is 0.000271. The molecule has 6 N–H and O–H groups in total. The van der Waals surface area contributed by atoms with Crippen molar-refractivity contribution in [1.82, 2.24) is 5.43 Å². The van der Waals surface area contributed by atoms with E-state index in [9.17, 15) is 14.7 Å². The molecule has 0 aliphatic carbocycles. The van der Waals surface area contributed by atoms with Crippen LogP contribution in [0.1, 0.15) is 66.4 Å². The first-order chi connectivity index (χ1) is 14.6. The molecule has 2 amide bonds. The van der Waals surface area contributed by atoms with Crippen molar-refractivity contribution in [1.29, 1.82) is 0 Å². The number of benzene rings is 1. The van der Waals surface area contributed by atoms with Crippen LogP contribution < -0.4 is 16.9 Å². The van der Waals surface area contributed by atoms with Crippen molar-refractivity contribution in [3.05, 3.63) is 35.9 Å². The fraction of sp³-hybridized carbons (Fsp3) is 0.667. The van der Waals surface area contributed by atoms with Gasteiger partial charge in [0.2, 0.25) is 5.54 Å². The first kappa shape index (κ1) is 26.1. The van der Waals surface area contributed by atoms with Gasteiger partial charge in [0.25, 0.3) is 5.91 Å². The van der Waals surface area contributed by atoms with E-state index in [1.165, 1.54) is 0 Å². The van der Waals surface area contributed by atoms with Crippen LogP contribution in [0.4, 0.5) is 4.79 Å². The van der Waals surface area contributed by atoms with Crippen LogP contribution in [0.25, 0.3) is 0 Å². The van der Waals surface area contributed by atoms with Gasteiger partial charge in [0.05, 0.1) is 6.10 Å². The zero-order chi connectivity index (χ0) is 24.4. The highest BCUT2D eigenvalue weighted by atomic mass is 16.6. The van der Waals surface area contributed by atoms with E-state index in [-0.39, 0.29) is 11.0 Å². The molecule has 1 heterocycles. The highest BCUT2D eigenvalue weighted by molar-refractivity contribution is 5.84. The number of quaternary nitrogens is 1. The number of likely N-dealkylation sites (tertiary alicyclic amines) is 1. The van der Waals surface area contributed by atoms with Crippen LogP contribution in [0.5, 0.6) is 0 Å². The number of aliphatic hydroxyl groups excluding tert-OH is 1. The molecule has 1 aromatic rings. The Morgan fingerprint density at radius 3 is 2.28 bits per heavy atom. The maximum absolute atomic E-state index is 13.0. The van der Waals surface area contributed by atoms with E-state index in [0.29, 0.717) is 25.8 Å². The largest absolute Gasteiger partial charge is 0.452 e. The zero-order valence-electron chi connectivity index (χ0n) is 20.4. The zero-order valence-corrected chi connectivity index (χ0v) is 20.4. The van der Waals surface area contributed by atoms with Crippen molar-refractivity contribution in [2.24, 2.45) is 11.5 Å². The molecule has 1 aliphatic rings. The fourth-order valence-corrected chi connectivity index (χ4v) is 4.97. The molecule has 2 rings (SSSR count). The van der Waals surface area contributed by atoms with Gasteiger partial charge < -0.3 is 21.3 Å². The monoisotopic (exact) mass is 449 g/mol. The minimum Gasteiger partial charge on any atom is -0.441 e. The number of aliphatic hydroxyl groups is 1. The standard InChI is InChI=1S/C24H40N4O4/c1-22(2,3)28(27-21(31)32-23(4,5)6)14-10-13-24(28,20(26)30)16-19(29)18(25)15-17-11-8-7-9-12-17/h7-9,11-12,18-19,29H,10,13-16,25H2,1-6H3,(H2-,26,27,30,31)/p+1/t18-,19+,24+,28?/m0/s1. The summed E-state index contributed by atoms with van der Waals surface area (Å²) in [5.74, 6) is -0.563. The Labute approximate surface area is 191 Å². The maximum atomic E-state index is 13.0. The first-order valence-electron chi connectivity index (χ1n) is 11.3. The third-order valence-corrected chi connectivity index (χ3v) is 6.45. The van der Waals surface area contributed by atoms with Gasteiger partial charge in [-0.25, -0.2) is 9.39 Å². The molecular weight excluding hydrogens is 408 g/mol. The number of hydrogen-bond donors (Lipinski definition) is 4. The van der Waals surface area contributed by atoms with Crippen LogP contribution in [0, 0.1) is 0 Å². The third-order valence-electron chi connectivity index (χ3n) is 6.45. The third kappa shape index (κ3) is 5.42. The molecule has 1 aromatic carbocycles. The lowest BCUT2D eigenvalue weighted by Crippen LogP contribution is -2.80. The number of nitrogens with one attached hydrogen (secondary N) is 1. The summed E-state index contributed by atoms with van der Waals surface area (Å²) in [6.45, 7) is 11.7. The highest BCUT2D eigenvalue weighted by Crippen LogP contribution is 2.45. The second kappa shape index (κ2) is 9.37. The average Bonchev–Trinajstić information content (AvgIpc) is 3.01. The number of nitrogens with zero attached hydrogens (tertiary/aromatic N) is 1. The first-order valence-corrected chi connectivity index (χ1v) is 11.3. The van der Waals surface area contributed by atoms with E-state index in [4.69, 9.17) is 16.2 Å². The van der Waals surface area contributed by atoms with E-state index in [2.05, 4.69) is 5.43 Å². The number of ether oxygens (including phenoxy) is 1. The Morgan fingerprint density at radius 2 is 1.78 bits per heavy atom. The van der Waals surface area contributed by atoms with E-state index in [0.717, 1.165) is 5.56 Å². The molecular formula is C24H41N4O4+. The number of primary amides is 1. The van der Waals surface area contributed by atoms with Gasteiger partial charge in [-0.15, -0.1) is 0 Å². The smallest absolute Gasteiger partial charge is 0.441 e. The molecule has 180 valence electrons. The van der Waals surface area contributed by atoms with Gasteiger partial charge in [-0.3, -0.25) is 4.79 Å². The van der Waals surface area contributed by atoms with Crippen molar-refractivity contribution in [2.75, 3.05) is 6.54 Å². The molecule has 1 aliphatic heterocycles. The van der Waals surface area contributed by atoms with Crippen LogP contribution in [0.15, 0.2) is 30.3 Å². The Balaban J connectivity index is 2.38. The average molecular weight is 450 g/mol. The minimum absolute atomic E-state index is 0.0450. The van der Waals surface area contributed by atoms with E-state index < -0.39 is 40.8 Å². The SMILES string of the molecule is CC(C)(C)OC(=O)N[N+]1(C(C)(C)C)CCC[C@@]1(C[C@@H](O)[C@@H](N)Cc1ccccc1)C(N)=O. The van der Waals surface area contributed by atoms with Gasteiger partial charge in [0.1, 0.15) is 17.7 Å². The number of amides is 2. The molecule has 1 fully saturated rings. The molecule has 8 heteroatoms. The topological polar surface area (TPSA) is 128 Å². The van der Waals surface area contributed by atoms with Crippen LogP contribution in [0.3, 0.4) is 0 Å². The van der Waals surface area contributed by atoms with Crippen molar-refractivity contribution in [3.63, 3.8) is 0 Å². The Morgan fingerprint density at radius 1 is 1.19 bits per heavy atom. The quantitative estimate of drug-likeness (QED) is 0.475. The van der Waals surface area contributed by atoms with E-state index >= 15 is 0 Å². The summed E-state index contributed by atoms with van der Waals surface area (Å²) in [6, 6.07) is 9.07. The maximum Gasteiger partial charge on any atom is 0.452 e. The van der Waals surface area contributed by atoms with Gasteiger partial charge in [-0.1, -0.05) is 30.3 Å². The molecule has 8 nitrogen and oxygen atoms in total. The van der Waals surface area contributed by atoms with Crippen LogP contribution in [-0.4, -0.2) is 57.1 Å². The molecule has 0 radical (unpaired) electrons. The molecule has 0 saturated carbocycles. The van der Waals surface area contributed by atoms with E-state index in [1.54, 1.807) is 20.8 Å². The Kier molecular flexibility index (Phi) is 7.64. The van der Waals surface area contributed by atoms with Crippen molar-refractivity contribution < 1.29 is 24.0 Å². The van der Waals surface area contributed by atoms with Crippen molar-refractivity contribution >= 4 is 12.0 Å². The molecule has 4 atom stereocenters. The van der Waals surface area contributed by atoms with Gasteiger partial charge >= 0.3 is 6.09 Å². The summed E-state index contributed by atoms with van der Waals surface area (Å²) >= 11 is 0. The minimum atomic E-state index is -1.22. The lowest BCUT2D eigenvalue weighted by molar-refractivity contribution is -1.03. The van der Waals surface area contributed by atoms with Crippen molar-refractivity contribution in [3.8, 4) is 0 Å². The number of carbonyl (C=O) groups is 2. The number of nitrogens with two attached hydrogens (primary N) is 2. The molecule has 1 saturated heterocycles. The fourth-order valence-electron chi connectivity index (χ4n) is 4.97. The number of hydrogen-bond acceptors (Lipinski definition) is 5. The highest BCUT2D eigenvalue weighted by Gasteiger charge is 2.66. The predicted octanol–water partition coefficient (Wildman–Crippen LogP) is 2.38. The number of carbonyl (C=O) groups excluding carboxylic acids is 2. The summed E-state index contributed by atoms with van der Waals surface area (Å²) in [5.41, 5.74) is 13.8. The van der Waals surface area contributed by atoms with Crippen LogP contribution >= 0.6 is 0 Å². The predicted molar refractivity (Wildman–Crippen MR) is 124 cm³/mol. The number of rotatable bonds is 7.